The van der Waals surface area contributed by atoms with Crippen LogP contribution in [0.15, 0.2) is 36.5 Å². The minimum Gasteiger partial charge on any atom is -0.458 e. The Morgan fingerprint density at radius 1 is 0.867 bits per heavy atom. The van der Waals surface area contributed by atoms with Gasteiger partial charge in [0.25, 0.3) is 10.1 Å². The van der Waals surface area contributed by atoms with Gasteiger partial charge in [-0.15, -0.1) is 0 Å². The van der Waals surface area contributed by atoms with Crippen molar-refractivity contribution in [3.8, 4) is 0 Å². The van der Waals surface area contributed by atoms with Crippen LogP contribution in [0.5, 0.6) is 0 Å². The molecule has 1 spiro atoms. The Kier molecular flexibility index (Phi) is 19.0. The fraction of sp³-hybridized carbons (Fsp3) is 0.804. The van der Waals surface area contributed by atoms with Crippen LogP contribution in [0.3, 0.4) is 0 Å². The highest BCUT2D eigenvalue weighted by Gasteiger charge is 2.56. The number of ketones is 2. The second-order valence-corrected chi connectivity index (χ2v) is 20.3. The van der Waals surface area contributed by atoms with Gasteiger partial charge in [-0.25, -0.2) is 4.79 Å². The SMILES string of the molecule is CC[C@H]1/C=C/C=C/C[C@@H](C)[C@H](O)[C@@](C)(O)C(=O)[C@@H](C)[C@H](O)[C@@H](C)C(=O)[C@@H](C)[C@H](O)[C@@H](C)/C=C/C(=O)O[C@@H]2[C@H](C)C(CC1)O[C@]1(CC[C@H](C)[C@H](C[C@@H](C)OS(C)(=O)=O)O1)[C@@H]2C. The molecule has 3 heterocycles. The molecule has 2 fully saturated rings. The van der Waals surface area contributed by atoms with Crippen molar-refractivity contribution in [2.45, 2.75) is 175 Å². The Hall–Kier alpha value is -2.30. The molecule has 13 nitrogen and oxygen atoms in total. The molecular formula is C46H76O13S. The fourth-order valence-electron chi connectivity index (χ4n) is 9.34. The zero-order chi connectivity index (χ0) is 45.5. The lowest BCUT2D eigenvalue weighted by Crippen LogP contribution is -2.62. The predicted octanol–water partition coefficient (Wildman–Crippen LogP) is 5.87. The maximum Gasteiger partial charge on any atom is 0.330 e. The van der Waals surface area contributed by atoms with Crippen molar-refractivity contribution in [3.05, 3.63) is 36.5 Å². The number of carbonyl (C=O) groups excluding carboxylic acids is 3. The first-order chi connectivity index (χ1) is 27.8. The minimum absolute atomic E-state index is 0.0861. The molecule has 1 unspecified atom stereocenters. The van der Waals surface area contributed by atoms with Crippen LogP contribution >= 0.6 is 0 Å². The van der Waals surface area contributed by atoms with Crippen LogP contribution in [0.1, 0.15) is 121 Å². The summed E-state index contributed by atoms with van der Waals surface area (Å²) in [5, 5.41) is 44.8. The van der Waals surface area contributed by atoms with Crippen molar-refractivity contribution in [2.75, 3.05) is 6.26 Å². The Labute approximate surface area is 359 Å². The van der Waals surface area contributed by atoms with Crippen LogP contribution in [0, 0.1) is 53.3 Å². The van der Waals surface area contributed by atoms with E-state index in [-0.39, 0.29) is 30.0 Å². The summed E-state index contributed by atoms with van der Waals surface area (Å²) < 4.78 is 49.2. The van der Waals surface area contributed by atoms with Crippen LogP contribution in [-0.4, -0.2) is 107 Å². The lowest BCUT2D eigenvalue weighted by atomic mass is 9.74. The van der Waals surface area contributed by atoms with Gasteiger partial charge in [-0.05, 0) is 63.7 Å². The molecule has 18 atom stereocenters. The van der Waals surface area contributed by atoms with E-state index in [1.54, 1.807) is 20.8 Å². The van der Waals surface area contributed by atoms with Gasteiger partial charge in [-0.1, -0.05) is 92.7 Å². The summed E-state index contributed by atoms with van der Waals surface area (Å²) in [6.07, 6.45) is 9.53. The normalized spacial score (nSPS) is 44.7. The molecule has 344 valence electrons. The van der Waals surface area contributed by atoms with Gasteiger partial charge in [-0.2, -0.15) is 8.42 Å². The maximum atomic E-state index is 13.6. The van der Waals surface area contributed by atoms with E-state index in [1.807, 2.05) is 32.1 Å². The number of esters is 1. The number of fused-ring (bicyclic) bond motifs is 2. The zero-order valence-electron chi connectivity index (χ0n) is 38.0. The van der Waals surface area contributed by atoms with Crippen LogP contribution in [0.2, 0.25) is 0 Å². The molecule has 0 aromatic carbocycles. The molecule has 3 aliphatic rings. The third-order valence-corrected chi connectivity index (χ3v) is 14.4. The molecule has 2 saturated heterocycles. The summed E-state index contributed by atoms with van der Waals surface area (Å²) in [5.74, 6) is -7.95. The van der Waals surface area contributed by atoms with Crippen LogP contribution in [0.25, 0.3) is 0 Å². The number of Topliss-reactive ketones (excluding diaryl/α,β-unsaturated/α-hetero) is 2. The molecule has 14 heteroatoms. The van der Waals surface area contributed by atoms with E-state index >= 15 is 0 Å². The van der Waals surface area contributed by atoms with Gasteiger partial charge >= 0.3 is 5.97 Å². The zero-order valence-corrected chi connectivity index (χ0v) is 38.8. The number of aliphatic hydroxyl groups is 4. The first-order valence-corrected chi connectivity index (χ1v) is 23.9. The van der Waals surface area contributed by atoms with Crippen LogP contribution in [0.4, 0.5) is 0 Å². The van der Waals surface area contributed by atoms with Crippen molar-refractivity contribution in [1.29, 1.82) is 0 Å². The summed E-state index contributed by atoms with van der Waals surface area (Å²) in [4.78, 5) is 40.7. The first-order valence-electron chi connectivity index (χ1n) is 22.1. The van der Waals surface area contributed by atoms with Gasteiger partial charge in [-0.3, -0.25) is 13.8 Å². The largest absolute Gasteiger partial charge is 0.458 e. The van der Waals surface area contributed by atoms with Crippen molar-refractivity contribution in [3.63, 3.8) is 0 Å². The molecule has 0 aliphatic carbocycles. The molecule has 2 bridgehead atoms. The molecule has 60 heavy (non-hydrogen) atoms. The molecule has 3 rings (SSSR count). The lowest BCUT2D eigenvalue weighted by molar-refractivity contribution is -0.371. The number of allylic oxidation sites excluding steroid dienone is 4. The van der Waals surface area contributed by atoms with E-state index in [0.29, 0.717) is 25.7 Å². The average Bonchev–Trinajstić information content (AvgIpc) is 3.19. The molecule has 3 aliphatic heterocycles. The van der Waals surface area contributed by atoms with E-state index in [1.165, 1.54) is 39.8 Å². The van der Waals surface area contributed by atoms with Crippen molar-refractivity contribution in [1.82, 2.24) is 0 Å². The highest BCUT2D eigenvalue weighted by atomic mass is 32.2. The number of hydrogen-bond acceptors (Lipinski definition) is 13. The molecular weight excluding hydrogens is 793 g/mol. The van der Waals surface area contributed by atoms with E-state index in [0.717, 1.165) is 25.5 Å². The molecule has 0 saturated carbocycles. The maximum absolute atomic E-state index is 13.6. The average molecular weight is 869 g/mol. The molecule has 0 aromatic rings. The first kappa shape index (κ1) is 52.0. The Balaban J connectivity index is 2.00. The lowest BCUT2D eigenvalue weighted by Gasteiger charge is -2.55. The van der Waals surface area contributed by atoms with Crippen molar-refractivity contribution in [2.24, 2.45) is 53.3 Å². The Morgan fingerprint density at radius 2 is 1.50 bits per heavy atom. The van der Waals surface area contributed by atoms with Crippen LogP contribution in [-0.2, 0) is 42.9 Å². The molecule has 0 radical (unpaired) electrons. The van der Waals surface area contributed by atoms with E-state index in [9.17, 15) is 43.2 Å². The summed E-state index contributed by atoms with van der Waals surface area (Å²) in [5.41, 5.74) is -2.20. The third-order valence-electron chi connectivity index (χ3n) is 13.8. The predicted molar refractivity (Wildman–Crippen MR) is 229 cm³/mol. The standard InChI is InChI=1S/C46H76O13S/c1-13-35-18-16-14-15-17-28(4)43(51)45(11,53)44(52)33(9)41(50)32(8)40(49)31(7)39(48)27(3)19-22-38(47)56-42-30(6)36(21-20-35)57-46(34(42)10)24-23-26(2)37(58-46)25-29(5)59-60(12,54)55/h14-16,18-19,22,26-37,39,41-43,48,50-51,53H,13,17,20-21,23-25H2,1-12H3/b15-14+,18-16+,22-19+/t26-,27-,28+,29+,30+,31-,32-,33-,34+,35-,36?,37-,39+,41+,42+,43-,45+,46-/m0/s1. The second-order valence-electron chi connectivity index (χ2n) is 18.7. The van der Waals surface area contributed by atoms with Crippen molar-refractivity contribution < 1.29 is 61.6 Å². The van der Waals surface area contributed by atoms with Gasteiger partial charge in [0.1, 0.15) is 17.5 Å². The fourth-order valence-corrected chi connectivity index (χ4v) is 10.0. The Bertz CT molecular complexity index is 1640. The van der Waals surface area contributed by atoms with E-state index in [4.69, 9.17) is 18.4 Å². The topological polar surface area (TPSA) is 203 Å². The van der Waals surface area contributed by atoms with Gasteiger partial charge in [0.15, 0.2) is 11.6 Å². The number of rotatable bonds is 5. The highest BCUT2D eigenvalue weighted by Crippen LogP contribution is 2.49. The van der Waals surface area contributed by atoms with E-state index < -0.39 is 105 Å². The molecule has 4 N–H and O–H groups in total. The van der Waals surface area contributed by atoms with Gasteiger partial charge in [0.05, 0.1) is 42.9 Å². The number of ether oxygens (including phenoxy) is 3. The summed E-state index contributed by atoms with van der Waals surface area (Å²) in [6, 6.07) is 0. The molecule has 0 amide bonds. The van der Waals surface area contributed by atoms with Gasteiger partial charge in [0, 0.05) is 54.4 Å². The monoisotopic (exact) mass is 869 g/mol. The summed E-state index contributed by atoms with van der Waals surface area (Å²) in [6.45, 7) is 18.8. The number of carbonyl (C=O) groups is 3. The second kappa shape index (κ2) is 21.9. The van der Waals surface area contributed by atoms with Gasteiger partial charge in [0.2, 0.25) is 0 Å². The van der Waals surface area contributed by atoms with Gasteiger partial charge < -0.3 is 34.6 Å². The minimum atomic E-state index is -3.68. The number of aliphatic hydroxyl groups excluding tert-OH is 3. The van der Waals surface area contributed by atoms with E-state index in [2.05, 4.69) is 19.9 Å². The van der Waals surface area contributed by atoms with Crippen molar-refractivity contribution >= 4 is 27.7 Å². The number of hydrogen-bond donors (Lipinski definition) is 4. The third kappa shape index (κ3) is 13.1. The quantitative estimate of drug-likeness (QED) is 0.189. The summed E-state index contributed by atoms with van der Waals surface area (Å²) >= 11 is 0. The molecule has 0 aromatic heterocycles. The van der Waals surface area contributed by atoms with Crippen LogP contribution < -0.4 is 0 Å². The highest BCUT2D eigenvalue weighted by molar-refractivity contribution is 7.86. The summed E-state index contributed by atoms with van der Waals surface area (Å²) in [7, 11) is -3.68. The Morgan fingerprint density at radius 3 is 2.12 bits per heavy atom. The smallest absolute Gasteiger partial charge is 0.330 e.